The van der Waals surface area contributed by atoms with Gasteiger partial charge in [-0.15, -0.1) is 13.2 Å². The van der Waals surface area contributed by atoms with Crippen molar-refractivity contribution in [1.29, 1.82) is 0 Å². The molecule has 0 saturated heterocycles. The van der Waals surface area contributed by atoms with Gasteiger partial charge in [-0.25, -0.2) is 9.69 Å². The summed E-state index contributed by atoms with van der Waals surface area (Å²) in [6.45, 7) is 20.4. The van der Waals surface area contributed by atoms with Crippen molar-refractivity contribution in [2.24, 2.45) is 5.41 Å². The van der Waals surface area contributed by atoms with Crippen LogP contribution in [0.15, 0.2) is 49.6 Å². The molecular weight excluding hydrogens is 352 g/mol. The Morgan fingerprint density at radius 1 is 0.964 bits per heavy atom. The zero-order valence-corrected chi connectivity index (χ0v) is 18.1. The lowest BCUT2D eigenvalue weighted by Crippen LogP contribution is -2.44. The van der Waals surface area contributed by atoms with E-state index in [-0.39, 0.29) is 17.9 Å². The molecule has 0 saturated carbocycles. The predicted octanol–water partition coefficient (Wildman–Crippen LogP) is 5.29. The Balaban J connectivity index is 3.12. The van der Waals surface area contributed by atoms with Crippen LogP contribution in [0.3, 0.4) is 0 Å². The molecule has 0 atom stereocenters. The highest BCUT2D eigenvalue weighted by Gasteiger charge is 2.31. The van der Waals surface area contributed by atoms with Crippen molar-refractivity contribution in [2.45, 2.75) is 47.1 Å². The maximum Gasteiger partial charge on any atom is 0.417 e. The molecule has 0 aliphatic heterocycles. The van der Waals surface area contributed by atoms with Gasteiger partial charge in [0, 0.05) is 30.9 Å². The first-order chi connectivity index (χ1) is 12.9. The lowest BCUT2D eigenvalue weighted by atomic mass is 9.96. The minimum Gasteiger partial charge on any atom is -0.443 e. The van der Waals surface area contributed by atoms with Gasteiger partial charge in [0.25, 0.3) is 5.91 Å². The number of ether oxygens (including phenoxy) is 1. The molecule has 0 aliphatic carbocycles. The van der Waals surface area contributed by atoms with Crippen molar-refractivity contribution in [3.63, 3.8) is 0 Å². The number of nitrogens with zero attached hydrogens (tertiary/aromatic N) is 2. The number of carbonyl (C=O) groups excluding carboxylic acids is 2. The highest BCUT2D eigenvalue weighted by Crippen LogP contribution is 2.22. The highest BCUT2D eigenvalue weighted by molar-refractivity contribution is 6.03. The number of anilines is 1. The van der Waals surface area contributed by atoms with E-state index in [0.29, 0.717) is 18.7 Å². The fourth-order valence-electron chi connectivity index (χ4n) is 2.58. The summed E-state index contributed by atoms with van der Waals surface area (Å²) in [6.07, 6.45) is 3.00. The molecule has 5 heteroatoms. The number of hydrogen-bond acceptors (Lipinski definition) is 4. The van der Waals surface area contributed by atoms with Gasteiger partial charge in [0.2, 0.25) is 0 Å². The van der Waals surface area contributed by atoms with E-state index in [2.05, 4.69) is 18.1 Å². The van der Waals surface area contributed by atoms with Crippen molar-refractivity contribution in [1.82, 2.24) is 4.90 Å². The van der Waals surface area contributed by atoms with Crippen LogP contribution in [0.1, 0.15) is 51.9 Å². The smallest absolute Gasteiger partial charge is 0.417 e. The van der Waals surface area contributed by atoms with E-state index in [1.807, 2.05) is 45.1 Å². The maximum absolute atomic E-state index is 13.1. The standard InChI is InChI=1S/C23H34N2O3/c1-9-15-24(16-10-2)19-13-11-18(12-14-19)20(26)25(17-22(3,4)5)21(27)28-23(6,7)8/h9-14H,1-2,15-17H2,3-8H3. The van der Waals surface area contributed by atoms with Crippen LogP contribution in [0, 0.1) is 5.41 Å². The van der Waals surface area contributed by atoms with Crippen LogP contribution in [0.2, 0.25) is 0 Å². The van der Waals surface area contributed by atoms with Crippen LogP contribution in [-0.4, -0.2) is 42.1 Å². The fourth-order valence-corrected chi connectivity index (χ4v) is 2.58. The molecule has 1 aromatic rings. The predicted molar refractivity (Wildman–Crippen MR) is 116 cm³/mol. The van der Waals surface area contributed by atoms with Gasteiger partial charge in [-0.1, -0.05) is 32.9 Å². The lowest BCUT2D eigenvalue weighted by Gasteiger charge is -2.31. The van der Waals surface area contributed by atoms with Gasteiger partial charge in [-0.05, 0) is 50.5 Å². The molecule has 154 valence electrons. The van der Waals surface area contributed by atoms with Gasteiger partial charge in [0.05, 0.1) is 0 Å². The summed E-state index contributed by atoms with van der Waals surface area (Å²) in [5.41, 5.74) is 0.469. The summed E-state index contributed by atoms with van der Waals surface area (Å²) >= 11 is 0. The number of amides is 2. The SMILES string of the molecule is C=CCN(CC=C)c1ccc(C(=O)N(CC(C)(C)C)C(=O)OC(C)(C)C)cc1. The molecular formula is C23H34N2O3. The summed E-state index contributed by atoms with van der Waals surface area (Å²) in [6, 6.07) is 7.20. The molecule has 0 unspecified atom stereocenters. The zero-order chi connectivity index (χ0) is 21.5. The summed E-state index contributed by atoms with van der Waals surface area (Å²) < 4.78 is 5.45. The Bertz CT molecular complexity index is 684. The largest absolute Gasteiger partial charge is 0.443 e. The second kappa shape index (κ2) is 9.58. The number of benzene rings is 1. The third kappa shape index (κ3) is 7.59. The van der Waals surface area contributed by atoms with E-state index < -0.39 is 11.7 Å². The molecule has 2 amide bonds. The van der Waals surface area contributed by atoms with Crippen molar-refractivity contribution < 1.29 is 14.3 Å². The average Bonchev–Trinajstić information content (AvgIpc) is 2.57. The third-order valence-electron chi connectivity index (χ3n) is 3.67. The Hall–Kier alpha value is -2.56. The molecule has 5 nitrogen and oxygen atoms in total. The van der Waals surface area contributed by atoms with Crippen molar-refractivity contribution in [3.8, 4) is 0 Å². The van der Waals surface area contributed by atoms with E-state index >= 15 is 0 Å². The second-order valence-electron chi connectivity index (χ2n) is 8.96. The first kappa shape index (κ1) is 23.5. The van der Waals surface area contributed by atoms with Crippen LogP contribution in [0.5, 0.6) is 0 Å². The molecule has 1 aromatic carbocycles. The van der Waals surface area contributed by atoms with Gasteiger partial charge < -0.3 is 9.64 Å². The van der Waals surface area contributed by atoms with E-state index in [9.17, 15) is 9.59 Å². The Labute approximate surface area is 169 Å². The van der Waals surface area contributed by atoms with Crippen LogP contribution in [0.25, 0.3) is 0 Å². The van der Waals surface area contributed by atoms with Gasteiger partial charge in [0.1, 0.15) is 5.60 Å². The minimum atomic E-state index is -0.673. The Morgan fingerprint density at radius 3 is 1.86 bits per heavy atom. The summed E-state index contributed by atoms with van der Waals surface area (Å²) in [4.78, 5) is 29.0. The average molecular weight is 387 g/mol. The van der Waals surface area contributed by atoms with Crippen molar-refractivity contribution >= 4 is 17.7 Å². The molecule has 0 aliphatic rings. The molecule has 0 fully saturated rings. The van der Waals surface area contributed by atoms with Crippen LogP contribution in [-0.2, 0) is 4.74 Å². The molecule has 1 rings (SSSR count). The van der Waals surface area contributed by atoms with Gasteiger partial charge >= 0.3 is 6.09 Å². The summed E-state index contributed by atoms with van der Waals surface area (Å²) in [5.74, 6) is -0.366. The molecule has 0 radical (unpaired) electrons. The van der Waals surface area contributed by atoms with Gasteiger partial charge in [-0.2, -0.15) is 0 Å². The fraction of sp³-hybridized carbons (Fsp3) is 0.478. The van der Waals surface area contributed by atoms with Gasteiger partial charge in [-0.3, -0.25) is 4.79 Å². The Morgan fingerprint density at radius 2 is 1.46 bits per heavy atom. The number of hydrogen-bond donors (Lipinski definition) is 0. The number of carbonyl (C=O) groups is 2. The lowest BCUT2D eigenvalue weighted by molar-refractivity contribution is 0.0188. The van der Waals surface area contributed by atoms with E-state index in [1.54, 1.807) is 32.9 Å². The van der Waals surface area contributed by atoms with E-state index in [4.69, 9.17) is 4.74 Å². The maximum atomic E-state index is 13.1. The van der Waals surface area contributed by atoms with Gasteiger partial charge in [0.15, 0.2) is 0 Å². The minimum absolute atomic E-state index is 0.253. The molecule has 0 spiro atoms. The topological polar surface area (TPSA) is 49.9 Å². The Kier molecular flexibility index (Phi) is 8.03. The first-order valence-electron chi connectivity index (χ1n) is 9.49. The van der Waals surface area contributed by atoms with Crippen molar-refractivity contribution in [3.05, 3.63) is 55.1 Å². The summed E-state index contributed by atoms with van der Waals surface area (Å²) in [7, 11) is 0. The highest BCUT2D eigenvalue weighted by atomic mass is 16.6. The molecule has 0 heterocycles. The molecule has 0 N–H and O–H groups in total. The number of imide groups is 1. The molecule has 0 bridgehead atoms. The third-order valence-corrected chi connectivity index (χ3v) is 3.67. The van der Waals surface area contributed by atoms with Crippen molar-refractivity contribution in [2.75, 3.05) is 24.5 Å². The zero-order valence-electron chi connectivity index (χ0n) is 18.1. The normalized spacial score (nSPS) is 11.5. The van der Waals surface area contributed by atoms with Crippen LogP contribution >= 0.6 is 0 Å². The number of rotatable bonds is 7. The summed E-state index contributed by atoms with van der Waals surface area (Å²) in [5, 5.41) is 0. The molecule has 28 heavy (non-hydrogen) atoms. The van der Waals surface area contributed by atoms with E-state index in [1.165, 1.54) is 4.90 Å². The van der Waals surface area contributed by atoms with Crippen LogP contribution in [0.4, 0.5) is 10.5 Å². The van der Waals surface area contributed by atoms with Crippen LogP contribution < -0.4 is 4.90 Å². The monoisotopic (exact) mass is 386 g/mol. The molecule has 0 aromatic heterocycles. The second-order valence-corrected chi connectivity index (χ2v) is 8.96. The quantitative estimate of drug-likeness (QED) is 0.598. The van der Waals surface area contributed by atoms with E-state index in [0.717, 1.165) is 5.69 Å². The first-order valence-corrected chi connectivity index (χ1v) is 9.49.